The summed E-state index contributed by atoms with van der Waals surface area (Å²) in [5.74, 6) is 3.78. The van der Waals surface area contributed by atoms with Crippen LogP contribution in [0.4, 0.5) is 0 Å². The molecule has 1 fully saturated rings. The summed E-state index contributed by atoms with van der Waals surface area (Å²) in [4.78, 5) is 63.7. The normalized spacial score (nSPS) is 19.0. The van der Waals surface area contributed by atoms with Crippen molar-refractivity contribution >= 4 is 29.5 Å². The number of amides is 3. The third-order valence-electron chi connectivity index (χ3n) is 6.88. The van der Waals surface area contributed by atoms with Crippen LogP contribution in [-0.2, 0) is 50.5 Å². The first kappa shape index (κ1) is 38.8. The fourth-order valence-corrected chi connectivity index (χ4v) is 4.12. The van der Waals surface area contributed by atoms with Crippen LogP contribution in [0.2, 0.25) is 0 Å². The first-order valence-electron chi connectivity index (χ1n) is 13.8. The number of nitrogens with zero attached hydrogens (tertiary/aromatic N) is 3. The summed E-state index contributed by atoms with van der Waals surface area (Å²) in [6.07, 6.45) is -0.0432. The fraction of sp³-hybridized carbons (Fsp3) is 0.800. The number of likely N-dealkylation sites (N-methyl/N-ethyl adjacent to an activating group) is 3. The third-order valence-corrected chi connectivity index (χ3v) is 6.88. The van der Waals surface area contributed by atoms with Gasteiger partial charge in [-0.25, -0.2) is 5.84 Å². The number of nitrogens with two attached hydrogens (primary N) is 2. The Morgan fingerprint density at radius 1 is 1.07 bits per heavy atom. The Labute approximate surface area is 253 Å². The molecule has 0 aliphatic carbocycles. The quantitative estimate of drug-likeness (QED) is 0.0172. The van der Waals surface area contributed by atoms with E-state index in [1.165, 1.54) is 0 Å². The average Bonchev–Trinajstić information content (AvgIpc) is 3.20. The van der Waals surface area contributed by atoms with E-state index in [0.717, 1.165) is 6.54 Å². The molecule has 15 nitrogen and oxygen atoms in total. The predicted octanol–water partition coefficient (Wildman–Crippen LogP) is -3.11. The fourth-order valence-electron chi connectivity index (χ4n) is 4.12. The number of quaternary nitrogens is 1. The van der Waals surface area contributed by atoms with Gasteiger partial charge in [-0.15, -0.1) is 0 Å². The van der Waals surface area contributed by atoms with Gasteiger partial charge in [0.2, 0.25) is 18.0 Å². The van der Waals surface area contributed by atoms with Gasteiger partial charge < -0.3 is 25.8 Å². The Morgan fingerprint density at radius 3 is 2.29 bits per heavy atom. The number of ether oxygens (including phenoxy) is 2. The molecule has 1 aliphatic rings. The van der Waals surface area contributed by atoms with Crippen molar-refractivity contribution in [3.05, 3.63) is 0 Å². The molecular weight excluding hydrogens is 588 g/mol. The number of ketones is 1. The summed E-state index contributed by atoms with van der Waals surface area (Å²) < 4.78 is 11.4. The second-order valence-electron chi connectivity index (χ2n) is 10.2. The number of likely N-dealkylation sites (tertiary alicyclic amines) is 1. The molecule has 0 bridgehead atoms. The molecule has 1 rings (SSSR count). The number of carbonyl (C=O) groups is 5. The van der Waals surface area contributed by atoms with E-state index in [9.17, 15) is 24.0 Å². The monoisotopic (exact) mass is 636 g/mol. The first-order valence-corrected chi connectivity index (χ1v) is 13.8. The first-order chi connectivity index (χ1) is 18.9. The van der Waals surface area contributed by atoms with Gasteiger partial charge in [0.05, 0.1) is 45.9 Å². The Kier molecular flexibility index (Phi) is 19.6. The molecule has 0 saturated carbocycles. The van der Waals surface area contributed by atoms with Crippen LogP contribution >= 0.6 is 0 Å². The van der Waals surface area contributed by atoms with Crippen molar-refractivity contribution in [1.82, 2.24) is 25.9 Å². The maximum atomic E-state index is 12.4. The van der Waals surface area contributed by atoms with Crippen molar-refractivity contribution in [2.24, 2.45) is 11.6 Å². The van der Waals surface area contributed by atoms with Crippen LogP contribution < -0.4 is 27.6 Å². The van der Waals surface area contributed by atoms with Crippen molar-refractivity contribution < 1.29 is 55.0 Å². The number of hydrazine groups is 1. The maximum Gasteiger partial charge on any atom is 1.00 e. The molecule has 0 radical (unpaired) electrons. The van der Waals surface area contributed by atoms with Crippen LogP contribution in [0.15, 0.2) is 0 Å². The zero-order chi connectivity index (χ0) is 30.1. The molecule has 16 heteroatoms. The van der Waals surface area contributed by atoms with E-state index in [1.807, 2.05) is 43.2 Å². The van der Waals surface area contributed by atoms with Crippen molar-refractivity contribution in [3.8, 4) is 0 Å². The molecule has 2 unspecified atom stereocenters. The molecule has 0 aromatic carbocycles. The van der Waals surface area contributed by atoms with E-state index in [1.54, 1.807) is 0 Å². The van der Waals surface area contributed by atoms with Gasteiger partial charge in [-0.3, -0.25) is 43.7 Å². The number of hydrogen-bond acceptors (Lipinski definition) is 11. The minimum atomic E-state index is -0.840. The van der Waals surface area contributed by atoms with Gasteiger partial charge in [0, 0.05) is 26.1 Å². The maximum absolute atomic E-state index is 12.4. The molecule has 3 amide bonds. The number of nitrogens with one attached hydrogen (secondary N) is 3. The molecule has 0 spiro atoms. The minimum Gasteiger partial charge on any atom is -0.411 e. The predicted molar refractivity (Wildman–Crippen MR) is 147 cm³/mol. The van der Waals surface area contributed by atoms with Gasteiger partial charge in [0.25, 0.3) is 5.91 Å². The number of hydrogen-bond donors (Lipinski definition) is 5. The van der Waals surface area contributed by atoms with E-state index in [-0.39, 0.29) is 86.2 Å². The second kappa shape index (κ2) is 20.7. The van der Waals surface area contributed by atoms with Gasteiger partial charge in [-0.05, 0) is 26.6 Å². The van der Waals surface area contributed by atoms with Gasteiger partial charge in [-0.1, -0.05) is 13.8 Å². The van der Waals surface area contributed by atoms with Crippen molar-refractivity contribution in [1.29, 1.82) is 0 Å². The topological polar surface area (TPSA) is 198 Å². The molecule has 1 heterocycles. The van der Waals surface area contributed by atoms with E-state index in [0.29, 0.717) is 43.8 Å². The summed E-state index contributed by atoms with van der Waals surface area (Å²) in [6, 6.07) is -0.840. The van der Waals surface area contributed by atoms with E-state index in [2.05, 4.69) is 10.6 Å². The number of rotatable bonds is 20. The smallest absolute Gasteiger partial charge is 0.411 e. The van der Waals surface area contributed by atoms with Gasteiger partial charge in [0.15, 0.2) is 5.78 Å². The number of Topliss-reactive ketones (excluding diaryl/α,β-unsaturated/α-hetero) is 1. The number of esters is 1. The number of carbonyl (C=O) groups excluding carboxylic acids is 5. The summed E-state index contributed by atoms with van der Waals surface area (Å²) in [7, 11) is 3.75. The van der Waals surface area contributed by atoms with Crippen molar-refractivity contribution in [3.63, 3.8) is 0 Å². The van der Waals surface area contributed by atoms with Crippen molar-refractivity contribution in [2.45, 2.75) is 45.4 Å². The standard InChI is InChI=1S/C25H48N8O7.Cu/c1-5-31(3)17-24(37)40-23-15-19(34)18-33(23,4)12-11-32(6-2)16-22(36)29-10-14-39-13-9-28-21(35)8-7-20(26)25(38)30-27;/h20,23H,5-18,26-27H2,1-4H3,(H2-,28,29,30,35,36,38);/q;+1/p+1/t20?,23-,33?;/m0./s1. The van der Waals surface area contributed by atoms with Crippen LogP contribution in [-0.4, -0.2) is 142 Å². The zero-order valence-electron chi connectivity index (χ0n) is 24.7. The zero-order valence-corrected chi connectivity index (χ0v) is 25.7. The largest absolute Gasteiger partial charge is 1.00 e. The van der Waals surface area contributed by atoms with Crippen molar-refractivity contribution in [2.75, 3.05) is 86.2 Å². The summed E-state index contributed by atoms with van der Waals surface area (Å²) in [5.41, 5.74) is 7.52. The van der Waals surface area contributed by atoms with E-state index >= 15 is 0 Å². The SMILES string of the molecule is CCN(C)CC(=O)O[C@H]1CC(=O)C[N+]1(C)CCN(CC)CC(=O)NCCOCCNC(=O)CCC(N)C(=O)NN.[Cu+]. The second-order valence-corrected chi connectivity index (χ2v) is 10.2. The van der Waals surface area contributed by atoms with Gasteiger partial charge in [0.1, 0.15) is 13.0 Å². The molecule has 1 aliphatic heterocycles. The van der Waals surface area contributed by atoms with Gasteiger partial charge in [-0.2, -0.15) is 0 Å². The Hall–Kier alpha value is -2.17. The molecule has 1 saturated heterocycles. The Bertz CT molecular complexity index is 853. The van der Waals surface area contributed by atoms with E-state index in [4.69, 9.17) is 21.1 Å². The van der Waals surface area contributed by atoms with Gasteiger partial charge >= 0.3 is 23.0 Å². The minimum absolute atomic E-state index is 0. The van der Waals surface area contributed by atoms with Crippen LogP contribution in [0.5, 0.6) is 0 Å². The van der Waals surface area contributed by atoms with Crippen LogP contribution in [0, 0.1) is 0 Å². The average molecular weight is 637 g/mol. The Balaban J connectivity index is 0.0000160. The molecule has 3 atom stereocenters. The van der Waals surface area contributed by atoms with Crippen LogP contribution in [0.1, 0.15) is 33.1 Å². The molecule has 0 aromatic heterocycles. The van der Waals surface area contributed by atoms with Crippen LogP contribution in [0.3, 0.4) is 0 Å². The molecule has 41 heavy (non-hydrogen) atoms. The third kappa shape index (κ3) is 15.6. The molecule has 0 aromatic rings. The van der Waals surface area contributed by atoms with Crippen LogP contribution in [0.25, 0.3) is 0 Å². The Morgan fingerprint density at radius 2 is 1.71 bits per heavy atom. The summed E-state index contributed by atoms with van der Waals surface area (Å²) in [6.45, 7) is 8.23. The molecular formula is C25H49CuN8O7+2. The van der Waals surface area contributed by atoms with E-state index < -0.39 is 18.2 Å². The summed E-state index contributed by atoms with van der Waals surface area (Å²) >= 11 is 0. The summed E-state index contributed by atoms with van der Waals surface area (Å²) in [5, 5.41) is 5.48. The molecule has 240 valence electrons. The molecule has 7 N–H and O–H groups in total.